The van der Waals surface area contributed by atoms with Crippen molar-refractivity contribution in [3.05, 3.63) is 0 Å². The summed E-state index contributed by atoms with van der Waals surface area (Å²) in [5, 5.41) is 19.6. The molecule has 1 rings (SSSR count). The van der Waals surface area contributed by atoms with Crippen LogP contribution >= 0.6 is 0 Å². The van der Waals surface area contributed by atoms with E-state index in [1.165, 1.54) is 0 Å². The molecule has 9 heteroatoms. The fourth-order valence-electron chi connectivity index (χ4n) is 2.35. The number of alkyl carbamates (subject to hydrolysis) is 2. The average Bonchev–Trinajstić information content (AvgIpc) is 2.58. The first-order valence-electron chi connectivity index (χ1n) is 11.7. The number of rotatable bonds is 1. The number of cyclic esters (lactones) is 1. The maximum atomic E-state index is 11.1. The summed E-state index contributed by atoms with van der Waals surface area (Å²) in [6.45, 7) is 16.3. The lowest BCUT2D eigenvalue weighted by atomic mass is 10.0. The van der Waals surface area contributed by atoms with Crippen molar-refractivity contribution < 1.29 is 38.8 Å². The maximum Gasteiger partial charge on any atom is 0.417 e. The summed E-state index contributed by atoms with van der Waals surface area (Å²) in [5.41, 5.74) is -1.27. The largest absolute Gasteiger partial charge is 0.463 e. The van der Waals surface area contributed by atoms with Gasteiger partial charge in [0.2, 0.25) is 0 Å². The van der Waals surface area contributed by atoms with Crippen molar-refractivity contribution in [2.24, 2.45) is 5.92 Å². The smallest absolute Gasteiger partial charge is 0.417 e. The molecule has 0 aromatic rings. The molecule has 2 atom stereocenters. The van der Waals surface area contributed by atoms with E-state index in [1.54, 1.807) is 41.5 Å². The lowest BCUT2D eigenvalue weighted by molar-refractivity contribution is -0.149. The first-order valence-corrected chi connectivity index (χ1v) is 11.7. The Morgan fingerprint density at radius 3 is 1.88 bits per heavy atom. The highest BCUT2D eigenvalue weighted by Crippen LogP contribution is 2.15. The first-order chi connectivity index (χ1) is 14.9. The predicted molar refractivity (Wildman–Crippen MR) is 127 cm³/mol. The first kappa shape index (κ1) is 33.3. The fraction of sp³-hybridized carbons (Fsp3) is 0.875. The van der Waals surface area contributed by atoms with Crippen molar-refractivity contribution in [2.75, 3.05) is 6.61 Å². The van der Waals surface area contributed by atoms with Gasteiger partial charge in [0.15, 0.2) is 0 Å². The summed E-state index contributed by atoms with van der Waals surface area (Å²) in [5.74, 6) is 0.316. The predicted octanol–water partition coefficient (Wildman–Crippen LogP) is 4.71. The molecule has 1 saturated heterocycles. The Morgan fingerprint density at radius 2 is 1.48 bits per heavy atom. The van der Waals surface area contributed by atoms with Gasteiger partial charge in [0, 0.05) is 19.4 Å². The van der Waals surface area contributed by atoms with Gasteiger partial charge >= 0.3 is 18.2 Å². The molecule has 1 fully saturated rings. The zero-order chi connectivity index (χ0) is 26.2. The molecule has 2 unspecified atom stereocenters. The Hall–Kier alpha value is -1.87. The van der Waals surface area contributed by atoms with Crippen molar-refractivity contribution in [1.82, 2.24) is 5.32 Å². The molecule has 0 aromatic heterocycles. The second kappa shape index (κ2) is 16.7. The second-order valence-corrected chi connectivity index (χ2v) is 10.5. The SMILES string of the molecule is CC(C)(C)OC(=O)NC(=O)OC(C)(C)C.CC(C)CO.CC1CC(O)CCCCCC(=O)O1. The minimum Gasteiger partial charge on any atom is -0.463 e. The van der Waals surface area contributed by atoms with Gasteiger partial charge in [-0.25, -0.2) is 14.9 Å². The van der Waals surface area contributed by atoms with Crippen molar-refractivity contribution in [3.63, 3.8) is 0 Å². The topological polar surface area (TPSA) is 131 Å². The molecule has 1 heterocycles. The van der Waals surface area contributed by atoms with Gasteiger partial charge in [0.1, 0.15) is 17.3 Å². The number of esters is 1. The van der Waals surface area contributed by atoms with E-state index in [0.29, 0.717) is 25.4 Å². The molecule has 1 aliphatic heterocycles. The van der Waals surface area contributed by atoms with Crippen LogP contribution < -0.4 is 5.32 Å². The molecule has 9 nitrogen and oxygen atoms in total. The molecule has 33 heavy (non-hydrogen) atoms. The summed E-state index contributed by atoms with van der Waals surface area (Å²) in [6.07, 6.45) is 2.80. The van der Waals surface area contributed by atoms with Crippen LogP contribution in [-0.4, -0.2) is 58.4 Å². The number of nitrogens with one attached hydrogen (secondary N) is 1. The quantitative estimate of drug-likeness (QED) is 0.365. The van der Waals surface area contributed by atoms with E-state index in [-0.39, 0.29) is 18.2 Å². The van der Waals surface area contributed by atoms with E-state index in [9.17, 15) is 19.5 Å². The number of aliphatic hydroxyl groups is 2. The molecule has 0 bridgehead atoms. The number of ether oxygens (including phenoxy) is 3. The standard InChI is InChI=1S/C10H19NO4.C10H18O3.C4H10O/c1-9(2,3)14-7(12)11-8(13)15-10(4,5)6;1-8-7-9(11)5-3-2-4-6-10(12)13-8;1-4(2)3-5/h1-6H3,(H,11,12,13);8-9,11H,2-7H2,1H3;4-5H,3H2,1-2H3. The summed E-state index contributed by atoms with van der Waals surface area (Å²) < 4.78 is 14.8. The molecule has 0 spiro atoms. The van der Waals surface area contributed by atoms with Crippen LogP contribution in [0.3, 0.4) is 0 Å². The molecule has 0 radical (unpaired) electrons. The van der Waals surface area contributed by atoms with Gasteiger partial charge in [-0.15, -0.1) is 0 Å². The van der Waals surface area contributed by atoms with Crippen LogP contribution in [0.5, 0.6) is 0 Å². The number of aliphatic hydroxyl groups excluding tert-OH is 2. The molecule has 0 aliphatic carbocycles. The zero-order valence-electron chi connectivity index (χ0n) is 22.0. The van der Waals surface area contributed by atoms with Gasteiger partial charge in [0.05, 0.1) is 6.10 Å². The highest BCUT2D eigenvalue weighted by atomic mass is 16.6. The van der Waals surface area contributed by atoms with Crippen LogP contribution in [0, 0.1) is 5.92 Å². The van der Waals surface area contributed by atoms with Crippen molar-refractivity contribution >= 4 is 18.2 Å². The monoisotopic (exact) mass is 477 g/mol. The summed E-state index contributed by atoms with van der Waals surface area (Å²) in [4.78, 5) is 33.4. The van der Waals surface area contributed by atoms with E-state index in [1.807, 2.05) is 26.1 Å². The third-order valence-corrected chi connectivity index (χ3v) is 3.72. The van der Waals surface area contributed by atoms with Crippen LogP contribution in [0.1, 0.15) is 101 Å². The van der Waals surface area contributed by atoms with Gasteiger partial charge in [-0.3, -0.25) is 4.79 Å². The molecule has 0 aromatic carbocycles. The van der Waals surface area contributed by atoms with E-state index in [4.69, 9.17) is 19.3 Å². The summed E-state index contributed by atoms with van der Waals surface area (Å²) in [6, 6.07) is 0. The Balaban J connectivity index is 0. The zero-order valence-corrected chi connectivity index (χ0v) is 22.0. The Labute approximate surface area is 199 Å². The van der Waals surface area contributed by atoms with Gasteiger partial charge in [-0.2, -0.15) is 0 Å². The van der Waals surface area contributed by atoms with E-state index in [2.05, 4.69) is 0 Å². The van der Waals surface area contributed by atoms with E-state index >= 15 is 0 Å². The highest BCUT2D eigenvalue weighted by Gasteiger charge is 2.22. The molecule has 1 aliphatic rings. The maximum absolute atomic E-state index is 11.1. The lowest BCUT2D eigenvalue weighted by Crippen LogP contribution is -2.39. The number of hydrogen-bond donors (Lipinski definition) is 3. The number of imide groups is 1. The molecular formula is C24H47NO8. The third-order valence-electron chi connectivity index (χ3n) is 3.72. The minimum absolute atomic E-state index is 0.124. The lowest BCUT2D eigenvalue weighted by Gasteiger charge is -2.21. The number of carbonyl (C=O) groups is 3. The Morgan fingerprint density at radius 1 is 1.03 bits per heavy atom. The van der Waals surface area contributed by atoms with Gasteiger partial charge in [0.25, 0.3) is 0 Å². The second-order valence-electron chi connectivity index (χ2n) is 10.5. The van der Waals surface area contributed by atoms with Crippen LogP contribution in [0.15, 0.2) is 0 Å². The van der Waals surface area contributed by atoms with Crippen LogP contribution in [0.25, 0.3) is 0 Å². The fourth-order valence-corrected chi connectivity index (χ4v) is 2.35. The number of carbonyl (C=O) groups excluding carboxylic acids is 3. The van der Waals surface area contributed by atoms with E-state index in [0.717, 1.165) is 25.7 Å². The highest BCUT2D eigenvalue weighted by molar-refractivity contribution is 5.87. The normalized spacial score (nSPS) is 19.6. The number of hydrogen-bond acceptors (Lipinski definition) is 8. The molecule has 3 N–H and O–H groups in total. The van der Waals surface area contributed by atoms with Crippen molar-refractivity contribution in [1.29, 1.82) is 0 Å². The van der Waals surface area contributed by atoms with Crippen LogP contribution in [-0.2, 0) is 19.0 Å². The molecule has 2 amide bonds. The number of amides is 2. The van der Waals surface area contributed by atoms with Crippen LogP contribution in [0.4, 0.5) is 9.59 Å². The molecule has 196 valence electrons. The van der Waals surface area contributed by atoms with E-state index < -0.39 is 23.4 Å². The van der Waals surface area contributed by atoms with Gasteiger partial charge in [-0.05, 0) is 67.2 Å². The molecule has 0 saturated carbocycles. The third kappa shape index (κ3) is 26.3. The van der Waals surface area contributed by atoms with Crippen molar-refractivity contribution in [3.8, 4) is 0 Å². The van der Waals surface area contributed by atoms with Crippen molar-refractivity contribution in [2.45, 2.75) is 124 Å². The summed E-state index contributed by atoms with van der Waals surface area (Å²) >= 11 is 0. The van der Waals surface area contributed by atoms with Gasteiger partial charge in [-0.1, -0.05) is 26.7 Å². The van der Waals surface area contributed by atoms with Gasteiger partial charge < -0.3 is 24.4 Å². The van der Waals surface area contributed by atoms with Crippen LogP contribution in [0.2, 0.25) is 0 Å². The minimum atomic E-state index is -0.809. The average molecular weight is 478 g/mol. The molecular weight excluding hydrogens is 430 g/mol. The Bertz CT molecular complexity index is 538. The summed E-state index contributed by atoms with van der Waals surface area (Å²) in [7, 11) is 0. The Kier molecular flexibility index (Phi) is 16.9.